The summed E-state index contributed by atoms with van der Waals surface area (Å²) in [5.74, 6) is 0.0355. The Morgan fingerprint density at radius 2 is 1.75 bits per heavy atom. The van der Waals surface area contributed by atoms with Crippen molar-refractivity contribution in [2.24, 2.45) is 0 Å². The normalized spacial score (nSPS) is 17.9. The molecule has 2 heterocycles. The molecule has 7 nitrogen and oxygen atoms in total. The van der Waals surface area contributed by atoms with Gasteiger partial charge in [-0.25, -0.2) is 4.79 Å². The molecule has 0 saturated carbocycles. The molecule has 2 aromatic carbocycles. The van der Waals surface area contributed by atoms with E-state index in [0.717, 1.165) is 18.8 Å². The number of nitrogens with one attached hydrogen (secondary N) is 1. The monoisotopic (exact) mass is 382 g/mol. The number of hydrogen-bond acceptors (Lipinski definition) is 6. The third kappa shape index (κ3) is 4.19. The van der Waals surface area contributed by atoms with E-state index in [1.807, 2.05) is 30.3 Å². The maximum atomic E-state index is 12.1. The number of amides is 1. The molecular weight excluding hydrogens is 360 g/mol. The van der Waals surface area contributed by atoms with Gasteiger partial charge in [0.05, 0.1) is 0 Å². The Bertz CT molecular complexity index is 846. The van der Waals surface area contributed by atoms with Gasteiger partial charge in [-0.2, -0.15) is 0 Å². The van der Waals surface area contributed by atoms with E-state index in [4.69, 9.17) is 14.2 Å². The zero-order chi connectivity index (χ0) is 19.3. The van der Waals surface area contributed by atoms with E-state index in [0.29, 0.717) is 17.2 Å². The van der Waals surface area contributed by atoms with Gasteiger partial charge < -0.3 is 24.4 Å². The van der Waals surface area contributed by atoms with Crippen molar-refractivity contribution >= 4 is 23.3 Å². The van der Waals surface area contributed by atoms with Gasteiger partial charge in [0.15, 0.2) is 18.1 Å². The van der Waals surface area contributed by atoms with E-state index < -0.39 is 18.0 Å². The number of rotatable bonds is 5. The van der Waals surface area contributed by atoms with Gasteiger partial charge in [-0.05, 0) is 49.2 Å². The van der Waals surface area contributed by atoms with Crippen molar-refractivity contribution in [1.29, 1.82) is 0 Å². The standard InChI is InChI=1S/C21H22N2O5/c24-20(22-15-7-9-16(10-8-15)23-11-3-4-12-23)14-27-21(25)19-13-26-17-5-1-2-6-18(17)28-19/h1-2,5-10,19H,3-4,11-14H2,(H,22,24)/t19-/m1/s1. The van der Waals surface area contributed by atoms with Crippen molar-refractivity contribution in [2.45, 2.75) is 18.9 Å². The molecule has 1 saturated heterocycles. The minimum atomic E-state index is -0.887. The zero-order valence-corrected chi connectivity index (χ0v) is 15.4. The molecule has 0 bridgehead atoms. The Hall–Kier alpha value is -3.22. The van der Waals surface area contributed by atoms with Crippen LogP contribution >= 0.6 is 0 Å². The molecule has 0 aromatic heterocycles. The smallest absolute Gasteiger partial charge is 0.351 e. The molecule has 146 valence electrons. The van der Waals surface area contributed by atoms with Gasteiger partial charge >= 0.3 is 5.97 Å². The fourth-order valence-corrected chi connectivity index (χ4v) is 3.29. The van der Waals surface area contributed by atoms with Gasteiger partial charge in [-0.3, -0.25) is 4.79 Å². The lowest BCUT2D eigenvalue weighted by molar-refractivity contribution is -0.156. The fourth-order valence-electron chi connectivity index (χ4n) is 3.29. The number of esters is 1. The first-order valence-electron chi connectivity index (χ1n) is 9.39. The number of benzene rings is 2. The van der Waals surface area contributed by atoms with Gasteiger partial charge in [0.1, 0.15) is 6.61 Å². The first kappa shape index (κ1) is 18.2. The number of ether oxygens (including phenoxy) is 3. The van der Waals surface area contributed by atoms with Crippen LogP contribution in [0.4, 0.5) is 11.4 Å². The maximum Gasteiger partial charge on any atom is 0.351 e. The molecule has 0 unspecified atom stereocenters. The van der Waals surface area contributed by atoms with Crippen LogP contribution in [0, 0.1) is 0 Å². The van der Waals surface area contributed by atoms with Crippen molar-refractivity contribution in [2.75, 3.05) is 36.5 Å². The Kier molecular flexibility index (Phi) is 5.32. The highest BCUT2D eigenvalue weighted by Gasteiger charge is 2.29. The molecule has 2 aliphatic rings. The maximum absolute atomic E-state index is 12.1. The highest BCUT2D eigenvalue weighted by atomic mass is 16.6. The van der Waals surface area contributed by atoms with Gasteiger partial charge in [-0.1, -0.05) is 12.1 Å². The summed E-state index contributed by atoms with van der Waals surface area (Å²) in [6.07, 6.45) is 1.54. The van der Waals surface area contributed by atoms with Crippen molar-refractivity contribution in [3.63, 3.8) is 0 Å². The van der Waals surface area contributed by atoms with E-state index >= 15 is 0 Å². The van der Waals surface area contributed by atoms with Gasteiger partial charge in [-0.15, -0.1) is 0 Å². The number of hydrogen-bond donors (Lipinski definition) is 1. The van der Waals surface area contributed by atoms with Crippen LogP contribution in [-0.2, 0) is 14.3 Å². The Labute approximate surface area is 163 Å². The lowest BCUT2D eigenvalue weighted by Gasteiger charge is -2.24. The SMILES string of the molecule is O=C(COC(=O)[C@H]1COc2ccccc2O1)Nc1ccc(N2CCCC2)cc1. The van der Waals surface area contributed by atoms with Gasteiger partial charge in [0, 0.05) is 24.5 Å². The highest BCUT2D eigenvalue weighted by molar-refractivity contribution is 5.93. The van der Waals surface area contributed by atoms with Crippen LogP contribution in [-0.4, -0.2) is 44.3 Å². The summed E-state index contributed by atoms with van der Waals surface area (Å²) in [6.45, 7) is 1.81. The Morgan fingerprint density at radius 1 is 1.04 bits per heavy atom. The average Bonchev–Trinajstić information content (AvgIpc) is 3.27. The summed E-state index contributed by atoms with van der Waals surface area (Å²) in [5, 5.41) is 2.73. The summed E-state index contributed by atoms with van der Waals surface area (Å²) in [4.78, 5) is 26.5. The molecule has 1 amide bonds. The molecule has 1 N–H and O–H groups in total. The number of anilines is 2. The van der Waals surface area contributed by atoms with Crippen LogP contribution in [0.25, 0.3) is 0 Å². The van der Waals surface area contributed by atoms with E-state index in [9.17, 15) is 9.59 Å². The summed E-state index contributed by atoms with van der Waals surface area (Å²) in [5.41, 5.74) is 1.81. The van der Waals surface area contributed by atoms with Crippen molar-refractivity contribution in [3.8, 4) is 11.5 Å². The van der Waals surface area contributed by atoms with E-state index in [1.54, 1.807) is 18.2 Å². The molecule has 4 rings (SSSR count). The summed E-state index contributed by atoms with van der Waals surface area (Å²) >= 11 is 0. The Balaban J connectivity index is 1.25. The van der Waals surface area contributed by atoms with Gasteiger partial charge in [0.25, 0.3) is 5.91 Å². The molecule has 2 aliphatic heterocycles. The second-order valence-electron chi connectivity index (χ2n) is 6.76. The third-order valence-electron chi connectivity index (χ3n) is 4.74. The van der Waals surface area contributed by atoms with E-state index in [1.165, 1.54) is 12.8 Å². The highest BCUT2D eigenvalue weighted by Crippen LogP contribution is 2.31. The molecule has 0 radical (unpaired) electrons. The van der Waals surface area contributed by atoms with E-state index in [-0.39, 0.29) is 13.2 Å². The molecule has 1 fully saturated rings. The lowest BCUT2D eigenvalue weighted by Crippen LogP contribution is -2.39. The van der Waals surface area contributed by atoms with Crippen LogP contribution in [0.2, 0.25) is 0 Å². The van der Waals surface area contributed by atoms with Crippen molar-refractivity contribution < 1.29 is 23.8 Å². The molecular formula is C21H22N2O5. The van der Waals surface area contributed by atoms with E-state index in [2.05, 4.69) is 10.2 Å². The summed E-state index contributed by atoms with van der Waals surface area (Å²) < 4.78 is 16.1. The molecule has 0 aliphatic carbocycles. The first-order chi connectivity index (χ1) is 13.7. The minimum absolute atomic E-state index is 0.0510. The fraction of sp³-hybridized carbons (Fsp3) is 0.333. The van der Waals surface area contributed by atoms with Crippen LogP contribution in [0.15, 0.2) is 48.5 Å². The van der Waals surface area contributed by atoms with Crippen LogP contribution in [0.3, 0.4) is 0 Å². The second kappa shape index (κ2) is 8.21. The number of fused-ring (bicyclic) bond motifs is 1. The molecule has 0 spiro atoms. The molecule has 2 aromatic rings. The number of carbonyl (C=O) groups excluding carboxylic acids is 2. The predicted molar refractivity (Wildman–Crippen MR) is 104 cm³/mol. The average molecular weight is 382 g/mol. The lowest BCUT2D eigenvalue weighted by atomic mass is 10.2. The second-order valence-corrected chi connectivity index (χ2v) is 6.76. The van der Waals surface area contributed by atoms with Crippen LogP contribution < -0.4 is 19.7 Å². The summed E-state index contributed by atoms with van der Waals surface area (Å²) in [7, 11) is 0. The van der Waals surface area contributed by atoms with Crippen molar-refractivity contribution in [3.05, 3.63) is 48.5 Å². The quantitative estimate of drug-likeness (QED) is 0.801. The zero-order valence-electron chi connectivity index (χ0n) is 15.4. The number of carbonyl (C=O) groups is 2. The topological polar surface area (TPSA) is 77.1 Å². The minimum Gasteiger partial charge on any atom is -0.485 e. The summed E-state index contributed by atoms with van der Waals surface area (Å²) in [6, 6.07) is 14.8. The molecule has 1 atom stereocenters. The van der Waals surface area contributed by atoms with Crippen LogP contribution in [0.5, 0.6) is 11.5 Å². The first-order valence-corrected chi connectivity index (χ1v) is 9.39. The number of para-hydroxylation sites is 2. The Morgan fingerprint density at radius 3 is 2.50 bits per heavy atom. The largest absolute Gasteiger partial charge is 0.485 e. The van der Waals surface area contributed by atoms with Crippen molar-refractivity contribution in [1.82, 2.24) is 0 Å². The molecule has 7 heteroatoms. The van der Waals surface area contributed by atoms with Crippen LogP contribution in [0.1, 0.15) is 12.8 Å². The third-order valence-corrected chi connectivity index (χ3v) is 4.74. The predicted octanol–water partition coefficient (Wildman–Crippen LogP) is 2.61. The van der Waals surface area contributed by atoms with Gasteiger partial charge in [0.2, 0.25) is 6.10 Å². The molecule has 28 heavy (non-hydrogen) atoms. The number of nitrogens with zero attached hydrogens (tertiary/aromatic N) is 1.